The summed E-state index contributed by atoms with van der Waals surface area (Å²) < 4.78 is 5.35. The Morgan fingerprint density at radius 2 is 2.04 bits per heavy atom. The third-order valence-electron chi connectivity index (χ3n) is 4.14. The second-order valence-electron chi connectivity index (χ2n) is 7.43. The molecule has 0 unspecified atom stereocenters. The number of benzene rings is 1. The van der Waals surface area contributed by atoms with Gasteiger partial charge in [0, 0.05) is 37.4 Å². The molecule has 0 saturated carbocycles. The van der Waals surface area contributed by atoms with Crippen molar-refractivity contribution in [3.8, 4) is 0 Å². The minimum atomic E-state index is -0.466. The van der Waals surface area contributed by atoms with E-state index in [1.165, 1.54) is 0 Å². The van der Waals surface area contributed by atoms with E-state index in [9.17, 15) is 9.59 Å². The summed E-state index contributed by atoms with van der Waals surface area (Å²) in [5.74, 6) is 0.187. The molecular weight excluding hydrogens is 306 g/mol. The maximum atomic E-state index is 11.9. The smallest absolute Gasteiger partial charge is 0.410 e. The zero-order chi connectivity index (χ0) is 17.3. The van der Waals surface area contributed by atoms with Crippen LogP contribution in [0.1, 0.15) is 33.6 Å². The second kappa shape index (κ2) is 6.34. The highest BCUT2D eigenvalue weighted by molar-refractivity contribution is 5.95. The fourth-order valence-electron chi connectivity index (χ4n) is 2.97. The van der Waals surface area contributed by atoms with Crippen molar-refractivity contribution in [1.82, 2.24) is 4.90 Å². The number of carbonyl (C=O) groups excluding carboxylic acids is 2. The Morgan fingerprint density at radius 1 is 1.29 bits per heavy atom. The molecule has 0 bridgehead atoms. The molecule has 2 saturated heterocycles. The van der Waals surface area contributed by atoms with Gasteiger partial charge in [-0.2, -0.15) is 0 Å². The number of hydrogen-bond acceptors (Lipinski definition) is 4. The lowest BCUT2D eigenvalue weighted by Crippen LogP contribution is -2.57. The fourth-order valence-corrected chi connectivity index (χ4v) is 2.97. The van der Waals surface area contributed by atoms with Crippen molar-refractivity contribution < 1.29 is 14.3 Å². The molecule has 0 aliphatic carbocycles. The third-order valence-corrected chi connectivity index (χ3v) is 4.14. The highest BCUT2D eigenvalue weighted by Crippen LogP contribution is 2.25. The SMILES string of the molecule is CC(C)(C)OC(=O)N1CC(Nc2cccc(N3CCCC3=O)c2)C1. The molecule has 2 fully saturated rings. The number of rotatable bonds is 3. The Morgan fingerprint density at radius 3 is 2.67 bits per heavy atom. The number of anilines is 2. The fraction of sp³-hybridized carbons (Fsp3) is 0.556. The Bertz CT molecular complexity index is 633. The molecule has 2 aliphatic rings. The number of ether oxygens (including phenoxy) is 1. The molecule has 6 nitrogen and oxygen atoms in total. The third kappa shape index (κ3) is 3.80. The summed E-state index contributed by atoms with van der Waals surface area (Å²) in [5, 5.41) is 3.42. The van der Waals surface area contributed by atoms with Crippen molar-refractivity contribution in [3.05, 3.63) is 24.3 Å². The Labute approximate surface area is 142 Å². The van der Waals surface area contributed by atoms with Crippen molar-refractivity contribution in [2.45, 2.75) is 45.3 Å². The summed E-state index contributed by atoms with van der Waals surface area (Å²) in [6.07, 6.45) is 1.28. The normalized spacial score (nSPS) is 18.5. The Kier molecular flexibility index (Phi) is 4.39. The maximum absolute atomic E-state index is 11.9. The first-order valence-corrected chi connectivity index (χ1v) is 8.47. The lowest BCUT2D eigenvalue weighted by Gasteiger charge is -2.40. The van der Waals surface area contributed by atoms with Gasteiger partial charge >= 0.3 is 6.09 Å². The van der Waals surface area contributed by atoms with Crippen molar-refractivity contribution in [2.24, 2.45) is 0 Å². The van der Waals surface area contributed by atoms with Crippen LogP contribution in [0.15, 0.2) is 24.3 Å². The topological polar surface area (TPSA) is 61.9 Å². The minimum absolute atomic E-state index is 0.187. The first-order chi connectivity index (χ1) is 11.3. The minimum Gasteiger partial charge on any atom is -0.444 e. The summed E-state index contributed by atoms with van der Waals surface area (Å²) in [7, 11) is 0. The van der Waals surface area contributed by atoms with Crippen molar-refractivity contribution in [1.29, 1.82) is 0 Å². The van der Waals surface area contributed by atoms with Gasteiger partial charge in [-0.1, -0.05) is 6.07 Å². The predicted octanol–water partition coefficient (Wildman–Crippen LogP) is 2.84. The number of hydrogen-bond donors (Lipinski definition) is 1. The van der Waals surface area contributed by atoms with Crippen LogP contribution in [0.3, 0.4) is 0 Å². The molecule has 1 aromatic rings. The summed E-state index contributed by atoms with van der Waals surface area (Å²) in [6.45, 7) is 7.64. The summed E-state index contributed by atoms with van der Waals surface area (Å²) >= 11 is 0. The second-order valence-corrected chi connectivity index (χ2v) is 7.43. The molecule has 2 heterocycles. The van der Waals surface area contributed by atoms with Crippen molar-refractivity contribution in [2.75, 3.05) is 29.9 Å². The molecular formula is C18H25N3O3. The maximum Gasteiger partial charge on any atom is 0.410 e. The standard InChI is InChI=1S/C18H25N3O3/c1-18(2,3)24-17(23)20-11-14(12-20)19-13-6-4-7-15(10-13)21-9-5-8-16(21)22/h4,6-7,10,14,19H,5,8-9,11-12H2,1-3H3. The van der Waals surface area contributed by atoms with E-state index < -0.39 is 5.60 Å². The first-order valence-electron chi connectivity index (χ1n) is 8.47. The quantitative estimate of drug-likeness (QED) is 0.925. The van der Waals surface area contributed by atoms with Crippen molar-refractivity contribution in [3.63, 3.8) is 0 Å². The highest BCUT2D eigenvalue weighted by Gasteiger charge is 2.33. The number of nitrogens with one attached hydrogen (secondary N) is 1. The Balaban J connectivity index is 1.53. The van der Waals surface area contributed by atoms with Gasteiger partial charge in [0.25, 0.3) is 0 Å². The lowest BCUT2D eigenvalue weighted by atomic mass is 10.1. The van der Waals surface area contributed by atoms with Gasteiger partial charge in [-0.3, -0.25) is 4.79 Å². The van der Waals surface area contributed by atoms with Gasteiger partial charge in [0.2, 0.25) is 5.91 Å². The average molecular weight is 331 g/mol. The van der Waals surface area contributed by atoms with E-state index in [2.05, 4.69) is 5.32 Å². The number of likely N-dealkylation sites (tertiary alicyclic amines) is 1. The van der Waals surface area contributed by atoms with Crippen molar-refractivity contribution >= 4 is 23.4 Å². The van der Waals surface area contributed by atoms with E-state index in [-0.39, 0.29) is 18.0 Å². The van der Waals surface area contributed by atoms with Gasteiger partial charge in [0.15, 0.2) is 0 Å². The van der Waals surface area contributed by atoms with Crippen LogP contribution in [0.2, 0.25) is 0 Å². The van der Waals surface area contributed by atoms with Gasteiger partial charge in [0.1, 0.15) is 5.60 Å². The van der Waals surface area contributed by atoms with E-state index in [0.29, 0.717) is 19.5 Å². The molecule has 24 heavy (non-hydrogen) atoms. The van der Waals surface area contributed by atoms with E-state index in [1.807, 2.05) is 49.9 Å². The molecule has 2 aliphatic heterocycles. The van der Waals surface area contributed by atoms with Crippen LogP contribution in [-0.2, 0) is 9.53 Å². The average Bonchev–Trinajstić information content (AvgIpc) is 2.87. The van der Waals surface area contributed by atoms with E-state index in [0.717, 1.165) is 24.3 Å². The molecule has 6 heteroatoms. The molecule has 0 spiro atoms. The molecule has 0 radical (unpaired) electrons. The highest BCUT2D eigenvalue weighted by atomic mass is 16.6. The summed E-state index contributed by atoms with van der Waals surface area (Å²) in [4.78, 5) is 27.3. The van der Waals surface area contributed by atoms with Gasteiger partial charge in [-0.15, -0.1) is 0 Å². The number of nitrogens with zero attached hydrogens (tertiary/aromatic N) is 2. The largest absolute Gasteiger partial charge is 0.444 e. The van der Waals surface area contributed by atoms with Crippen LogP contribution in [0, 0.1) is 0 Å². The van der Waals surface area contributed by atoms with Gasteiger partial charge in [0.05, 0.1) is 6.04 Å². The molecule has 2 amide bonds. The van der Waals surface area contributed by atoms with Crippen LogP contribution in [0.5, 0.6) is 0 Å². The molecule has 0 aromatic heterocycles. The van der Waals surface area contributed by atoms with Crippen LogP contribution in [-0.4, -0.2) is 48.2 Å². The van der Waals surface area contributed by atoms with Crippen LogP contribution in [0.25, 0.3) is 0 Å². The van der Waals surface area contributed by atoms with Crippen LogP contribution in [0.4, 0.5) is 16.2 Å². The first kappa shape index (κ1) is 16.6. The zero-order valence-electron chi connectivity index (χ0n) is 14.5. The monoisotopic (exact) mass is 331 g/mol. The molecule has 1 aromatic carbocycles. The van der Waals surface area contributed by atoms with Crippen LogP contribution < -0.4 is 10.2 Å². The van der Waals surface area contributed by atoms with Gasteiger partial charge < -0.3 is 19.9 Å². The van der Waals surface area contributed by atoms with Gasteiger partial charge in [-0.05, 0) is 45.4 Å². The summed E-state index contributed by atoms with van der Waals surface area (Å²) in [6, 6.07) is 8.11. The Hall–Kier alpha value is -2.24. The number of amides is 2. The van der Waals surface area contributed by atoms with Gasteiger partial charge in [-0.25, -0.2) is 4.79 Å². The molecule has 1 N–H and O–H groups in total. The van der Waals surface area contributed by atoms with E-state index >= 15 is 0 Å². The predicted molar refractivity (Wildman–Crippen MR) is 93.2 cm³/mol. The van der Waals surface area contributed by atoms with E-state index in [4.69, 9.17) is 4.74 Å². The molecule has 0 atom stereocenters. The molecule has 3 rings (SSSR count). The zero-order valence-corrected chi connectivity index (χ0v) is 14.5. The molecule has 130 valence electrons. The van der Waals surface area contributed by atoms with E-state index in [1.54, 1.807) is 4.90 Å². The summed E-state index contributed by atoms with van der Waals surface area (Å²) in [5.41, 5.74) is 1.44. The number of carbonyl (C=O) groups is 2. The van der Waals surface area contributed by atoms with Crippen LogP contribution >= 0.6 is 0 Å². The lowest BCUT2D eigenvalue weighted by molar-refractivity contribution is -0.117.